The van der Waals surface area contributed by atoms with Crippen molar-refractivity contribution in [1.29, 1.82) is 0 Å². The van der Waals surface area contributed by atoms with E-state index in [1.54, 1.807) is 38.9 Å². The van der Waals surface area contributed by atoms with Gasteiger partial charge >= 0.3 is 0 Å². The third-order valence-corrected chi connectivity index (χ3v) is 16.6. The Morgan fingerprint density at radius 3 is 0.940 bits per heavy atom. The van der Waals surface area contributed by atoms with E-state index in [4.69, 9.17) is 9.47 Å². The number of methoxy groups -OCH3 is 2. The van der Waals surface area contributed by atoms with E-state index in [9.17, 15) is 0 Å². The Morgan fingerprint density at radius 2 is 0.660 bits per heavy atom. The van der Waals surface area contributed by atoms with Gasteiger partial charge in [-0.05, 0) is 49.9 Å². The SMILES string of the molecule is CCCCCCCC[B-](CCCCCCCC)(c1ccc(OC)cc1)c1ccc(OC)cc1.CCCC[P+](CCCC)(CCCC)CCCC. The van der Waals surface area contributed by atoms with E-state index in [1.807, 2.05) is 0 Å². The minimum atomic E-state index is -0.813. The second-order valence-corrected chi connectivity index (χ2v) is 20.0. The number of hydrogen-bond donors (Lipinski definition) is 0. The molecule has 0 aromatic heterocycles. The van der Waals surface area contributed by atoms with Crippen LogP contribution in [0.5, 0.6) is 11.5 Å². The molecule has 50 heavy (non-hydrogen) atoms. The van der Waals surface area contributed by atoms with Gasteiger partial charge in [-0.15, -0.1) is 0 Å². The highest BCUT2D eigenvalue weighted by molar-refractivity contribution is 7.75. The lowest BCUT2D eigenvalue weighted by Crippen LogP contribution is -2.58. The Kier molecular flexibility index (Phi) is 28.0. The van der Waals surface area contributed by atoms with Gasteiger partial charge in [0.2, 0.25) is 0 Å². The normalized spacial score (nSPS) is 11.7. The second kappa shape index (κ2) is 30.0. The maximum Gasteiger partial charge on any atom is 0.118 e. The van der Waals surface area contributed by atoms with Gasteiger partial charge in [0, 0.05) is 7.26 Å². The molecule has 0 saturated heterocycles. The average molecular weight is 711 g/mol. The highest BCUT2D eigenvalue weighted by Crippen LogP contribution is 2.61. The van der Waals surface area contributed by atoms with E-state index in [1.165, 1.54) is 152 Å². The summed E-state index contributed by atoms with van der Waals surface area (Å²) in [4.78, 5) is 0. The standard InChI is InChI=1S/C30H48BO2.C16H36P/c1-5-7-9-11-13-15-25-31(26-16-14-12-10-8-6-2,27-17-21-29(32-3)22-18-27)28-19-23-30(33-4)24-20-28;1-5-9-13-17(14-10-6-2,15-11-7-3)16-12-8-4/h17-24H,5-16,25-26H2,1-4H3;5-16H2,1-4H3/q-1;+1. The summed E-state index contributed by atoms with van der Waals surface area (Å²) in [5.74, 6) is 1.88. The molecule has 288 valence electrons. The fourth-order valence-corrected chi connectivity index (χ4v) is 13.4. The predicted molar refractivity (Wildman–Crippen MR) is 233 cm³/mol. The van der Waals surface area contributed by atoms with E-state index in [0.717, 1.165) is 11.5 Å². The smallest absolute Gasteiger partial charge is 0.118 e. The molecule has 0 amide bonds. The van der Waals surface area contributed by atoms with Gasteiger partial charge in [-0.1, -0.05) is 169 Å². The molecule has 2 rings (SSSR count). The average Bonchev–Trinajstić information content (AvgIpc) is 3.16. The zero-order valence-corrected chi connectivity index (χ0v) is 35.7. The molecular formula is C46H84BO2P. The molecule has 0 spiro atoms. The first-order valence-corrected chi connectivity index (χ1v) is 24.3. The Hall–Kier alpha value is -1.47. The van der Waals surface area contributed by atoms with Gasteiger partial charge in [-0.3, -0.25) is 0 Å². The van der Waals surface area contributed by atoms with Crippen LogP contribution in [0.15, 0.2) is 48.5 Å². The number of rotatable bonds is 30. The zero-order valence-electron chi connectivity index (χ0n) is 34.8. The summed E-state index contributed by atoms with van der Waals surface area (Å²) >= 11 is 0. The molecule has 2 aromatic carbocycles. The molecule has 0 N–H and O–H groups in total. The highest BCUT2D eigenvalue weighted by atomic mass is 31.2. The number of unbranched alkanes of at least 4 members (excludes halogenated alkanes) is 14. The molecule has 0 saturated carbocycles. The number of ether oxygens (including phenoxy) is 2. The van der Waals surface area contributed by atoms with Crippen LogP contribution in [0, 0.1) is 0 Å². The van der Waals surface area contributed by atoms with Crippen molar-refractivity contribution in [1.82, 2.24) is 0 Å². The van der Waals surface area contributed by atoms with Crippen LogP contribution in [0.4, 0.5) is 0 Å². The number of hydrogen-bond acceptors (Lipinski definition) is 2. The van der Waals surface area contributed by atoms with E-state index in [0.29, 0.717) is 0 Å². The quantitative estimate of drug-likeness (QED) is 0.0456. The van der Waals surface area contributed by atoms with Crippen molar-refractivity contribution in [2.24, 2.45) is 0 Å². The first-order valence-electron chi connectivity index (χ1n) is 21.8. The first-order chi connectivity index (χ1) is 24.4. The third-order valence-electron chi connectivity index (χ3n) is 11.6. The van der Waals surface area contributed by atoms with Gasteiger partial charge in [-0.2, -0.15) is 12.6 Å². The minimum absolute atomic E-state index is 0.562. The summed E-state index contributed by atoms with van der Waals surface area (Å²) in [6, 6.07) is 17.9. The summed E-state index contributed by atoms with van der Waals surface area (Å²) < 4.78 is 11.0. The van der Waals surface area contributed by atoms with Crippen LogP contribution in [-0.2, 0) is 0 Å². The molecule has 0 atom stereocenters. The van der Waals surface area contributed by atoms with Crippen molar-refractivity contribution in [2.45, 2.75) is 183 Å². The van der Waals surface area contributed by atoms with Crippen molar-refractivity contribution in [3.8, 4) is 11.5 Å². The lowest BCUT2D eigenvalue weighted by Gasteiger charge is -2.42. The lowest BCUT2D eigenvalue weighted by molar-refractivity contribution is 0.415. The molecule has 0 bridgehead atoms. The second-order valence-electron chi connectivity index (χ2n) is 15.6. The molecule has 0 heterocycles. The monoisotopic (exact) mass is 711 g/mol. The van der Waals surface area contributed by atoms with Crippen LogP contribution in [0.3, 0.4) is 0 Å². The molecule has 0 aliphatic rings. The minimum Gasteiger partial charge on any atom is -0.497 e. The molecule has 0 radical (unpaired) electrons. The summed E-state index contributed by atoms with van der Waals surface area (Å²) in [7, 11) is 2.94. The van der Waals surface area contributed by atoms with Crippen LogP contribution < -0.4 is 20.4 Å². The maximum absolute atomic E-state index is 5.48. The molecule has 2 aromatic rings. The molecule has 0 aliphatic carbocycles. The van der Waals surface area contributed by atoms with Crippen molar-refractivity contribution in [3.63, 3.8) is 0 Å². The molecule has 0 unspecified atom stereocenters. The lowest BCUT2D eigenvalue weighted by atomic mass is 9.15. The fraction of sp³-hybridized carbons (Fsp3) is 0.739. The van der Waals surface area contributed by atoms with Crippen molar-refractivity contribution in [2.75, 3.05) is 38.9 Å². The highest BCUT2D eigenvalue weighted by Gasteiger charge is 2.34. The fourth-order valence-electron chi connectivity index (χ4n) is 8.14. The summed E-state index contributed by atoms with van der Waals surface area (Å²) in [6.45, 7) is 14.0. The molecule has 0 fully saturated rings. The molecule has 0 aliphatic heterocycles. The predicted octanol–water partition coefficient (Wildman–Crippen LogP) is 14.2. The Labute approximate surface area is 314 Å². The summed E-state index contributed by atoms with van der Waals surface area (Å²) in [5, 5.41) is 0. The largest absolute Gasteiger partial charge is 0.497 e. The van der Waals surface area contributed by atoms with E-state index in [-0.39, 0.29) is 0 Å². The van der Waals surface area contributed by atoms with Gasteiger partial charge in [0.1, 0.15) is 11.5 Å². The molecule has 2 nitrogen and oxygen atoms in total. The van der Waals surface area contributed by atoms with Crippen LogP contribution in [0.25, 0.3) is 0 Å². The van der Waals surface area contributed by atoms with Crippen molar-refractivity contribution < 1.29 is 9.47 Å². The molecule has 4 heteroatoms. The Bertz CT molecular complexity index is 918. The van der Waals surface area contributed by atoms with Gasteiger partial charge in [0.05, 0.1) is 45.0 Å². The third kappa shape index (κ3) is 18.3. The Balaban J connectivity index is 0.000000621. The summed E-state index contributed by atoms with van der Waals surface area (Å²) in [5.41, 5.74) is 2.98. The Morgan fingerprint density at radius 1 is 0.380 bits per heavy atom. The van der Waals surface area contributed by atoms with Gasteiger partial charge in [0.25, 0.3) is 0 Å². The topological polar surface area (TPSA) is 18.5 Å². The first kappa shape index (κ1) is 46.6. The zero-order chi connectivity index (χ0) is 36.8. The van der Waals surface area contributed by atoms with E-state index < -0.39 is 13.4 Å². The number of benzene rings is 2. The van der Waals surface area contributed by atoms with Crippen LogP contribution in [0.2, 0.25) is 12.6 Å². The van der Waals surface area contributed by atoms with Gasteiger partial charge in [-0.25, -0.2) is 10.9 Å². The van der Waals surface area contributed by atoms with Crippen LogP contribution >= 0.6 is 7.26 Å². The van der Waals surface area contributed by atoms with Gasteiger partial charge in [0.15, 0.2) is 0 Å². The molecular weight excluding hydrogens is 626 g/mol. The summed E-state index contributed by atoms with van der Waals surface area (Å²) in [6.07, 6.45) is 35.8. The van der Waals surface area contributed by atoms with Crippen molar-refractivity contribution in [3.05, 3.63) is 48.5 Å². The van der Waals surface area contributed by atoms with Gasteiger partial charge < -0.3 is 9.47 Å². The van der Waals surface area contributed by atoms with Crippen molar-refractivity contribution >= 4 is 24.3 Å². The van der Waals surface area contributed by atoms with Crippen LogP contribution in [0.1, 0.15) is 170 Å². The van der Waals surface area contributed by atoms with Crippen LogP contribution in [-0.4, -0.2) is 45.0 Å². The van der Waals surface area contributed by atoms with E-state index >= 15 is 0 Å². The van der Waals surface area contributed by atoms with E-state index in [2.05, 4.69) is 90.1 Å². The maximum atomic E-state index is 5.48.